The molecule has 1 aromatic heterocycles. The van der Waals surface area contributed by atoms with Gasteiger partial charge in [0.25, 0.3) is 0 Å². The molecule has 206 valence electrons. The Kier molecular flexibility index (Phi) is 10.5. The summed E-state index contributed by atoms with van der Waals surface area (Å²) in [6, 6.07) is 6.34. The van der Waals surface area contributed by atoms with Crippen LogP contribution in [0.15, 0.2) is 10.7 Å². The summed E-state index contributed by atoms with van der Waals surface area (Å²) in [5, 5.41) is 10.5. The van der Waals surface area contributed by atoms with Crippen molar-refractivity contribution in [1.82, 2.24) is 14.4 Å². The van der Waals surface area contributed by atoms with Gasteiger partial charge in [0, 0.05) is 23.7 Å². The predicted molar refractivity (Wildman–Crippen MR) is 154 cm³/mol. The molecule has 0 aromatic carbocycles. The number of nitrogens with zero attached hydrogens (tertiary/aromatic N) is 2. The molecule has 12 heteroatoms. The van der Waals surface area contributed by atoms with Gasteiger partial charge in [-0.05, 0) is 67.7 Å². The Labute approximate surface area is 229 Å². The smallest absolute Gasteiger partial charge is 0.147 e. The van der Waals surface area contributed by atoms with Gasteiger partial charge in [-0.25, -0.2) is 13.8 Å². The molecular formula is C24H41BrF2N4O2S2Si. The van der Waals surface area contributed by atoms with Crippen LogP contribution in [0.4, 0.5) is 8.78 Å². The molecule has 3 N–H and O–H groups in total. The zero-order valence-corrected chi connectivity index (χ0v) is 26.7. The largest absolute Gasteiger partial charge is 0.598 e. The Balaban J connectivity index is 2.86. The van der Waals surface area contributed by atoms with Crippen LogP contribution in [0.3, 0.4) is 0 Å². The van der Waals surface area contributed by atoms with Gasteiger partial charge in [0.2, 0.25) is 0 Å². The summed E-state index contributed by atoms with van der Waals surface area (Å²) in [6.45, 7) is 12.3. The van der Waals surface area contributed by atoms with Gasteiger partial charge in [-0.3, -0.25) is 4.72 Å². The van der Waals surface area contributed by atoms with E-state index in [9.17, 15) is 14.4 Å². The summed E-state index contributed by atoms with van der Waals surface area (Å²) in [6.07, 6.45) is 1.10. The third-order valence-corrected chi connectivity index (χ3v) is 18.7. The van der Waals surface area contributed by atoms with Crippen molar-refractivity contribution in [2.45, 2.75) is 94.5 Å². The van der Waals surface area contributed by atoms with Crippen LogP contribution in [0.2, 0.25) is 18.1 Å². The van der Waals surface area contributed by atoms with E-state index in [1.54, 1.807) is 33.8 Å². The van der Waals surface area contributed by atoms with E-state index < -0.39 is 57.5 Å². The van der Waals surface area contributed by atoms with Crippen LogP contribution in [0.5, 0.6) is 0 Å². The van der Waals surface area contributed by atoms with E-state index in [1.165, 1.54) is 0 Å². The maximum Gasteiger partial charge on any atom is 0.147 e. The topological polar surface area (TPSA) is 104 Å². The molecule has 1 aliphatic rings. The number of alkyl halides is 1. The van der Waals surface area contributed by atoms with Crippen LogP contribution in [-0.4, -0.2) is 50.6 Å². The van der Waals surface area contributed by atoms with E-state index in [-0.39, 0.29) is 11.4 Å². The second-order valence-corrected chi connectivity index (χ2v) is 21.8. The van der Waals surface area contributed by atoms with E-state index >= 15 is 8.78 Å². The van der Waals surface area contributed by atoms with E-state index in [4.69, 9.17) is 0 Å². The molecule has 0 bridgehead atoms. The number of nitriles is 1. The quantitative estimate of drug-likeness (QED) is 0.173. The molecule has 0 aliphatic carbocycles. The average Bonchev–Trinajstić information content (AvgIpc) is 2.83. The van der Waals surface area contributed by atoms with Crippen molar-refractivity contribution in [3.05, 3.63) is 22.2 Å². The molecule has 0 spiro atoms. The number of halogens is 3. The third kappa shape index (κ3) is 5.98. The average molecular weight is 628 g/mol. The fourth-order valence-electron chi connectivity index (χ4n) is 4.82. The number of nitrogens with one attached hydrogen (secondary N) is 2. The lowest BCUT2D eigenvalue weighted by atomic mass is 9.99. The summed E-state index contributed by atoms with van der Waals surface area (Å²) in [7, 11) is -5.26. The van der Waals surface area contributed by atoms with Crippen molar-refractivity contribution < 1.29 is 17.9 Å². The van der Waals surface area contributed by atoms with Gasteiger partial charge in [0.05, 0.1) is 14.1 Å². The highest BCUT2D eigenvalue weighted by atomic mass is 79.9. The molecular weight excluding hydrogens is 586 g/mol. The number of hydrogen-bond acceptors (Lipinski definition) is 6. The van der Waals surface area contributed by atoms with Crippen molar-refractivity contribution in [1.29, 1.82) is 5.26 Å². The molecule has 1 aromatic rings. The molecule has 2 rings (SSSR count). The lowest BCUT2D eigenvalue weighted by molar-refractivity contribution is 0.288. The lowest BCUT2D eigenvalue weighted by Gasteiger charge is -2.52. The van der Waals surface area contributed by atoms with Crippen LogP contribution in [0.25, 0.3) is 0 Å². The molecule has 0 radical (unpaired) electrons. The standard InChI is InChI=1S/C24H41BrF2N4O2S2Si/c1-8-36(9-2,10-3)18-14-19(25)30-21(20(18)27)24(15-26,31-34(32)22(4,5)6)17-35(33)23(7,16-28)12-11-13-29-35/h14,29,31,33H,8-13,15,17H2,1-7H3/t23?,24-,34+/m0/s1. The highest BCUT2D eigenvalue weighted by Gasteiger charge is 2.55. The number of pyridine rings is 1. The van der Waals surface area contributed by atoms with E-state index in [2.05, 4.69) is 57.2 Å². The van der Waals surface area contributed by atoms with Gasteiger partial charge >= 0.3 is 0 Å². The van der Waals surface area contributed by atoms with Crippen LogP contribution in [0, 0.1) is 17.1 Å². The number of rotatable bonds is 10. The van der Waals surface area contributed by atoms with Crippen molar-refractivity contribution >= 4 is 51.0 Å². The lowest BCUT2D eigenvalue weighted by Crippen LogP contribution is -2.60. The first kappa shape index (κ1) is 32.0. The predicted octanol–water partition coefficient (Wildman–Crippen LogP) is 5.77. The second kappa shape index (κ2) is 11.9. The van der Waals surface area contributed by atoms with Crippen molar-refractivity contribution in [3.63, 3.8) is 0 Å². The van der Waals surface area contributed by atoms with Crippen molar-refractivity contribution in [2.24, 2.45) is 0 Å². The fraction of sp³-hybridized carbons (Fsp3) is 0.750. The third-order valence-electron chi connectivity index (χ3n) is 7.66. The molecule has 4 atom stereocenters. The summed E-state index contributed by atoms with van der Waals surface area (Å²) in [4.78, 5) is 4.42. The van der Waals surface area contributed by atoms with Crippen LogP contribution < -0.4 is 14.6 Å². The Bertz CT molecular complexity index is 970. The van der Waals surface area contributed by atoms with Gasteiger partial charge < -0.3 is 9.11 Å². The summed E-state index contributed by atoms with van der Waals surface area (Å²) >= 11 is 1.61. The summed E-state index contributed by atoms with van der Waals surface area (Å²) in [5.74, 6) is -0.954. The van der Waals surface area contributed by atoms with E-state index in [0.29, 0.717) is 29.2 Å². The highest BCUT2D eigenvalue weighted by Crippen LogP contribution is 2.59. The maximum atomic E-state index is 16.6. The summed E-state index contributed by atoms with van der Waals surface area (Å²) < 4.78 is 61.5. The molecule has 2 heterocycles. The molecule has 6 nitrogen and oxygen atoms in total. The Morgan fingerprint density at radius 3 is 2.42 bits per heavy atom. The van der Waals surface area contributed by atoms with Crippen LogP contribution in [-0.2, 0) is 16.9 Å². The first-order valence-corrected chi connectivity index (χ1v) is 18.8. The van der Waals surface area contributed by atoms with Gasteiger partial charge in [0.1, 0.15) is 37.8 Å². The number of aromatic nitrogens is 1. The summed E-state index contributed by atoms with van der Waals surface area (Å²) in [5.41, 5.74) is -2.12. The monoisotopic (exact) mass is 626 g/mol. The van der Waals surface area contributed by atoms with Gasteiger partial charge in [-0.15, -0.1) is 4.72 Å². The van der Waals surface area contributed by atoms with E-state index in [1.807, 2.05) is 0 Å². The first-order chi connectivity index (χ1) is 16.6. The molecule has 1 fully saturated rings. The molecule has 36 heavy (non-hydrogen) atoms. The molecule has 1 aliphatic heterocycles. The highest BCUT2D eigenvalue weighted by molar-refractivity contribution is 9.10. The van der Waals surface area contributed by atoms with Gasteiger partial charge in [-0.1, -0.05) is 49.4 Å². The van der Waals surface area contributed by atoms with Gasteiger partial charge in [-0.2, -0.15) is 5.26 Å². The van der Waals surface area contributed by atoms with Crippen molar-refractivity contribution in [3.8, 4) is 6.07 Å². The van der Waals surface area contributed by atoms with Gasteiger partial charge in [0.15, 0.2) is 0 Å². The van der Waals surface area contributed by atoms with Crippen molar-refractivity contribution in [2.75, 3.05) is 19.0 Å². The minimum absolute atomic E-state index is 0.201. The zero-order valence-electron chi connectivity index (χ0n) is 22.4. The Morgan fingerprint density at radius 1 is 1.36 bits per heavy atom. The zero-order chi connectivity index (χ0) is 27.6. The molecule has 0 amide bonds. The van der Waals surface area contributed by atoms with Crippen LogP contribution >= 0.6 is 26.4 Å². The molecule has 1 saturated heterocycles. The van der Waals surface area contributed by atoms with Crippen LogP contribution in [0.1, 0.15) is 67.0 Å². The normalized spacial score (nSPS) is 27.5. The second-order valence-electron chi connectivity index (χ2n) is 10.9. The maximum absolute atomic E-state index is 16.6. The molecule has 2 unspecified atom stereocenters. The molecule has 0 saturated carbocycles. The first-order valence-electron chi connectivity index (χ1n) is 12.4. The SMILES string of the molecule is CC[Si](CC)(CC)c1cc(Br)nc([C@](CF)(CS2(O)NCCCC2(C)C#N)N[S@+]([O-])C(C)(C)C)c1F. The number of hydrogen-bond donors (Lipinski definition) is 3. The Hall–Kier alpha value is -0.263. The minimum atomic E-state index is -2.99. The Morgan fingerprint density at radius 2 is 1.94 bits per heavy atom. The van der Waals surface area contributed by atoms with E-state index in [0.717, 1.165) is 18.1 Å². The fourth-order valence-corrected chi connectivity index (χ4v) is 12.9. The minimum Gasteiger partial charge on any atom is -0.598 e.